The lowest BCUT2D eigenvalue weighted by Gasteiger charge is -2.20. The molecule has 0 aliphatic carbocycles. The zero-order valence-corrected chi connectivity index (χ0v) is 28.8. The highest BCUT2D eigenvalue weighted by atomic mass is 35.5. The molecule has 0 saturated heterocycles. The zero-order valence-electron chi connectivity index (χ0n) is 27.2. The van der Waals surface area contributed by atoms with Gasteiger partial charge in [-0.3, -0.25) is 14.1 Å². The van der Waals surface area contributed by atoms with Gasteiger partial charge in [-0.1, -0.05) is 87.0 Å². The molecule has 0 saturated carbocycles. The lowest BCUT2D eigenvalue weighted by Crippen LogP contribution is -2.23. The first-order valence-corrected chi connectivity index (χ1v) is 17.4. The molecule has 1 unspecified atom stereocenters. The Labute approximate surface area is 289 Å². The summed E-state index contributed by atoms with van der Waals surface area (Å²) in [6.45, 7) is 6.65. The van der Waals surface area contributed by atoms with E-state index < -0.39 is 33.5 Å². The first-order valence-electron chi connectivity index (χ1n) is 15.5. The number of alkyl halides is 3. The average Bonchev–Trinajstić information content (AvgIpc) is 3.02. The minimum Gasteiger partial charge on any atom is -0.493 e. The number of hydrogen-bond donors (Lipinski definition) is 2. The first-order chi connectivity index (χ1) is 22.9. The largest absolute Gasteiger partial charge is 0.493 e. The second-order valence-corrected chi connectivity index (χ2v) is 14.9. The monoisotopic (exact) mass is 715 g/mol. The Hall–Kier alpha value is -4.19. The van der Waals surface area contributed by atoms with E-state index in [1.54, 1.807) is 48.5 Å². The normalized spacial score (nSPS) is 12.7. The van der Waals surface area contributed by atoms with Gasteiger partial charge in [0.25, 0.3) is 10.1 Å². The molecule has 4 aromatic carbocycles. The van der Waals surface area contributed by atoms with Gasteiger partial charge in [-0.2, -0.15) is 21.6 Å². The third-order valence-electron chi connectivity index (χ3n) is 7.54. The van der Waals surface area contributed by atoms with Crippen LogP contribution < -0.4 is 10.1 Å². The van der Waals surface area contributed by atoms with E-state index in [0.29, 0.717) is 34.7 Å². The average molecular weight is 716 g/mol. The molecule has 0 spiro atoms. The summed E-state index contributed by atoms with van der Waals surface area (Å²) >= 11 is 5.83. The summed E-state index contributed by atoms with van der Waals surface area (Å²) < 4.78 is 77.8. The molecule has 1 amide bonds. The van der Waals surface area contributed by atoms with Crippen molar-refractivity contribution in [3.05, 3.63) is 118 Å². The summed E-state index contributed by atoms with van der Waals surface area (Å²) in [6.07, 6.45) is -4.42. The van der Waals surface area contributed by atoms with E-state index in [4.69, 9.17) is 20.9 Å². The Kier molecular flexibility index (Phi) is 12.0. The van der Waals surface area contributed by atoms with Crippen LogP contribution in [0, 0.1) is 5.41 Å². The van der Waals surface area contributed by atoms with E-state index in [-0.39, 0.29) is 47.0 Å². The van der Waals surface area contributed by atoms with Crippen molar-refractivity contribution in [2.24, 2.45) is 5.41 Å². The van der Waals surface area contributed by atoms with E-state index in [0.717, 1.165) is 11.6 Å². The number of carbonyl (C=O) groups excluding carboxylic acids is 2. The van der Waals surface area contributed by atoms with Crippen LogP contribution in [-0.4, -0.2) is 37.0 Å². The zero-order chi connectivity index (χ0) is 36.0. The van der Waals surface area contributed by atoms with Gasteiger partial charge in [-0.15, -0.1) is 0 Å². The van der Waals surface area contributed by atoms with Crippen molar-refractivity contribution in [1.29, 1.82) is 0 Å². The molecular formula is C37H37ClF3NO6S. The fourth-order valence-electron chi connectivity index (χ4n) is 5.05. The Morgan fingerprint density at radius 3 is 2.10 bits per heavy atom. The molecule has 260 valence electrons. The second-order valence-electron chi connectivity index (χ2n) is 12.9. The van der Waals surface area contributed by atoms with Crippen molar-refractivity contribution in [3.8, 4) is 16.9 Å². The van der Waals surface area contributed by atoms with Gasteiger partial charge in [0.1, 0.15) is 5.75 Å². The van der Waals surface area contributed by atoms with Crippen molar-refractivity contribution in [2.75, 3.05) is 17.7 Å². The van der Waals surface area contributed by atoms with Crippen molar-refractivity contribution in [2.45, 2.75) is 52.1 Å². The fraction of sp³-hybridized carbons (Fsp3) is 0.297. The minimum absolute atomic E-state index is 0.0126. The maximum Gasteiger partial charge on any atom is 0.417 e. The van der Waals surface area contributed by atoms with Crippen LogP contribution in [0.25, 0.3) is 11.1 Å². The summed E-state index contributed by atoms with van der Waals surface area (Å²) in [4.78, 5) is 26.3. The number of Topliss-reactive ketones (excluding diaryl/α,β-unsaturated/α-hetero) is 1. The van der Waals surface area contributed by atoms with Crippen molar-refractivity contribution < 1.29 is 40.5 Å². The fourth-order valence-corrected chi connectivity index (χ4v) is 5.73. The number of ketones is 1. The number of rotatable bonds is 13. The van der Waals surface area contributed by atoms with E-state index in [1.165, 1.54) is 36.4 Å². The highest BCUT2D eigenvalue weighted by Crippen LogP contribution is 2.39. The van der Waals surface area contributed by atoms with Crippen molar-refractivity contribution >= 4 is 39.1 Å². The second kappa shape index (κ2) is 15.6. The maximum absolute atomic E-state index is 13.8. The molecule has 4 rings (SSSR count). The van der Waals surface area contributed by atoms with Gasteiger partial charge in [-0.25, -0.2) is 0 Å². The molecule has 1 atom stereocenters. The maximum atomic E-state index is 13.8. The van der Waals surface area contributed by atoms with Gasteiger partial charge >= 0.3 is 6.18 Å². The summed E-state index contributed by atoms with van der Waals surface area (Å²) in [5, 5.41) is 2.85. The third-order valence-corrected chi connectivity index (χ3v) is 8.58. The van der Waals surface area contributed by atoms with Gasteiger partial charge in [0, 0.05) is 22.7 Å². The topological polar surface area (TPSA) is 110 Å². The Morgan fingerprint density at radius 1 is 0.898 bits per heavy atom. The Bertz CT molecular complexity index is 1870. The Balaban J connectivity index is 1.55. The van der Waals surface area contributed by atoms with Crippen LogP contribution in [0.4, 0.5) is 18.9 Å². The van der Waals surface area contributed by atoms with Gasteiger partial charge < -0.3 is 10.1 Å². The lowest BCUT2D eigenvalue weighted by molar-refractivity contribution is -0.137. The SMILES string of the molecule is CC(C)(C)COc1ccc(C(Cc2ccc(C(=O)CCCS(=O)(=O)O)cc2)C(=O)Nc2ccc(-c3ccc(Cl)cc3C(F)(F)F)cc2)cc1. The van der Waals surface area contributed by atoms with Crippen LogP contribution in [0.2, 0.25) is 5.02 Å². The molecule has 12 heteroatoms. The molecule has 0 heterocycles. The molecule has 2 N–H and O–H groups in total. The quantitative estimate of drug-likeness (QED) is 0.106. The number of amides is 1. The Morgan fingerprint density at radius 2 is 1.53 bits per heavy atom. The molecule has 0 aromatic heterocycles. The van der Waals surface area contributed by atoms with Gasteiger partial charge in [-0.05, 0) is 76.9 Å². The highest BCUT2D eigenvalue weighted by molar-refractivity contribution is 7.85. The molecule has 4 aromatic rings. The van der Waals surface area contributed by atoms with Gasteiger partial charge in [0.2, 0.25) is 5.91 Å². The third kappa shape index (κ3) is 11.4. The smallest absolute Gasteiger partial charge is 0.417 e. The molecule has 0 radical (unpaired) electrons. The van der Waals surface area contributed by atoms with Gasteiger partial charge in [0.05, 0.1) is 23.8 Å². The molecule has 0 fully saturated rings. The lowest BCUT2D eigenvalue weighted by atomic mass is 9.90. The summed E-state index contributed by atoms with van der Waals surface area (Å²) in [6, 6.07) is 23.5. The number of carbonyl (C=O) groups is 2. The van der Waals surface area contributed by atoms with Crippen LogP contribution in [-0.2, 0) is 27.5 Å². The van der Waals surface area contributed by atoms with E-state index in [2.05, 4.69) is 26.1 Å². The molecule has 0 aliphatic rings. The summed E-state index contributed by atoms with van der Waals surface area (Å²) in [5.41, 5.74) is 1.55. The van der Waals surface area contributed by atoms with Gasteiger partial charge in [0.15, 0.2) is 5.78 Å². The van der Waals surface area contributed by atoms with E-state index in [1.807, 2.05) is 0 Å². The van der Waals surface area contributed by atoms with E-state index >= 15 is 0 Å². The molecule has 0 aliphatic heterocycles. The predicted molar refractivity (Wildman–Crippen MR) is 185 cm³/mol. The minimum atomic E-state index is -4.61. The van der Waals surface area contributed by atoms with Crippen LogP contribution in [0.15, 0.2) is 91.0 Å². The molecule has 49 heavy (non-hydrogen) atoms. The van der Waals surface area contributed by atoms with Crippen molar-refractivity contribution in [1.82, 2.24) is 0 Å². The number of halogens is 4. The van der Waals surface area contributed by atoms with Crippen LogP contribution in [0.1, 0.15) is 66.6 Å². The molecule has 7 nitrogen and oxygen atoms in total. The number of nitrogens with one attached hydrogen (secondary N) is 1. The van der Waals surface area contributed by atoms with Crippen LogP contribution >= 0.6 is 11.6 Å². The number of ether oxygens (including phenoxy) is 1. The van der Waals surface area contributed by atoms with Crippen molar-refractivity contribution in [3.63, 3.8) is 0 Å². The summed E-state index contributed by atoms with van der Waals surface area (Å²) in [5.74, 6) is -1.19. The molecule has 0 bridgehead atoms. The molecular weight excluding hydrogens is 679 g/mol. The predicted octanol–water partition coefficient (Wildman–Crippen LogP) is 9.27. The van der Waals surface area contributed by atoms with Crippen LogP contribution in [0.3, 0.4) is 0 Å². The first kappa shape index (κ1) is 37.6. The number of benzene rings is 4. The van der Waals surface area contributed by atoms with Crippen LogP contribution in [0.5, 0.6) is 5.75 Å². The number of hydrogen-bond acceptors (Lipinski definition) is 5. The summed E-state index contributed by atoms with van der Waals surface area (Å²) in [7, 11) is -4.16. The standard InChI is InChI=1S/C37H37ClF3NO6S/c1-36(2,3)23-48-30-17-12-26(13-18-30)32(21-24-6-8-27(9-7-24)34(43)5-4-20-49(45,46)47)35(44)42-29-15-10-25(11-16-29)31-19-14-28(38)22-33(31)37(39,40)41/h6-19,22,32H,4-5,20-21,23H2,1-3H3,(H,42,44)(H,45,46,47). The van der Waals surface area contributed by atoms with E-state index in [9.17, 15) is 31.2 Å². The highest BCUT2D eigenvalue weighted by Gasteiger charge is 2.34. The number of anilines is 1.